The maximum atomic E-state index is 12.0. The van der Waals surface area contributed by atoms with Crippen molar-refractivity contribution in [2.75, 3.05) is 13.2 Å². The van der Waals surface area contributed by atoms with Crippen LogP contribution < -0.4 is 5.32 Å². The fourth-order valence-electron chi connectivity index (χ4n) is 2.10. The third-order valence-corrected chi connectivity index (χ3v) is 3.69. The summed E-state index contributed by atoms with van der Waals surface area (Å²) in [5.74, 6) is -0.0980. The molecule has 1 saturated carbocycles. The van der Waals surface area contributed by atoms with E-state index in [2.05, 4.69) is 10.4 Å². The molecule has 0 saturated heterocycles. The van der Waals surface area contributed by atoms with Crippen LogP contribution >= 0.6 is 0 Å². The van der Waals surface area contributed by atoms with Crippen LogP contribution in [0.4, 0.5) is 0 Å². The van der Waals surface area contributed by atoms with E-state index in [1.54, 1.807) is 6.20 Å². The van der Waals surface area contributed by atoms with E-state index in [1.165, 1.54) is 0 Å². The molecule has 0 spiro atoms. The number of aliphatic hydroxyl groups is 1. The molecule has 2 rings (SSSR count). The maximum absolute atomic E-state index is 12.0. The van der Waals surface area contributed by atoms with Crippen LogP contribution in [0.1, 0.15) is 48.8 Å². The van der Waals surface area contributed by atoms with Crippen molar-refractivity contribution in [2.24, 2.45) is 5.41 Å². The average molecular weight is 251 g/mol. The van der Waals surface area contributed by atoms with Gasteiger partial charge in [0.15, 0.2) is 0 Å². The molecule has 1 fully saturated rings. The number of rotatable bonds is 5. The van der Waals surface area contributed by atoms with Crippen molar-refractivity contribution in [3.63, 3.8) is 0 Å². The first-order chi connectivity index (χ1) is 8.49. The molecule has 0 radical (unpaired) electrons. The number of nitrogens with one attached hydrogen (secondary N) is 1. The Morgan fingerprint density at radius 1 is 1.61 bits per heavy atom. The summed E-state index contributed by atoms with van der Waals surface area (Å²) < 4.78 is 1.84. The van der Waals surface area contributed by atoms with Crippen LogP contribution in [0, 0.1) is 12.3 Å². The van der Waals surface area contributed by atoms with Crippen molar-refractivity contribution in [3.05, 3.63) is 17.5 Å². The number of hydrogen-bond acceptors (Lipinski definition) is 3. The highest BCUT2D eigenvalue weighted by atomic mass is 16.3. The van der Waals surface area contributed by atoms with Gasteiger partial charge in [-0.05, 0) is 33.6 Å². The van der Waals surface area contributed by atoms with Crippen molar-refractivity contribution in [1.82, 2.24) is 15.1 Å². The van der Waals surface area contributed by atoms with Gasteiger partial charge in [0.25, 0.3) is 5.91 Å². The number of carbonyl (C=O) groups excluding carboxylic acids is 1. The monoisotopic (exact) mass is 251 g/mol. The van der Waals surface area contributed by atoms with E-state index < -0.39 is 0 Å². The standard InChI is InChI=1S/C13H21N3O2/c1-9(2)16-10(3)11(6-15-16)12(18)14-7-13(8-17)4-5-13/h6,9,17H,4-5,7-8H2,1-3H3,(H,14,18). The summed E-state index contributed by atoms with van der Waals surface area (Å²) in [5.41, 5.74) is 1.45. The summed E-state index contributed by atoms with van der Waals surface area (Å²) in [7, 11) is 0. The maximum Gasteiger partial charge on any atom is 0.254 e. The molecule has 1 heterocycles. The quantitative estimate of drug-likeness (QED) is 0.828. The lowest BCUT2D eigenvalue weighted by Gasteiger charge is -2.13. The fourth-order valence-corrected chi connectivity index (χ4v) is 2.10. The summed E-state index contributed by atoms with van der Waals surface area (Å²) in [6.45, 7) is 6.67. The largest absolute Gasteiger partial charge is 0.396 e. The number of nitrogens with zero attached hydrogens (tertiary/aromatic N) is 2. The summed E-state index contributed by atoms with van der Waals surface area (Å²) in [6, 6.07) is 0.249. The van der Waals surface area contributed by atoms with E-state index in [-0.39, 0.29) is 24.0 Å². The summed E-state index contributed by atoms with van der Waals surface area (Å²) in [5, 5.41) is 16.3. The van der Waals surface area contributed by atoms with Gasteiger partial charge in [0.05, 0.1) is 18.4 Å². The molecule has 5 nitrogen and oxygen atoms in total. The first-order valence-electron chi connectivity index (χ1n) is 6.42. The van der Waals surface area contributed by atoms with Gasteiger partial charge in [-0.15, -0.1) is 0 Å². The minimum atomic E-state index is -0.0980. The highest BCUT2D eigenvalue weighted by Gasteiger charge is 2.42. The normalized spacial score (nSPS) is 16.9. The van der Waals surface area contributed by atoms with Gasteiger partial charge >= 0.3 is 0 Å². The highest BCUT2D eigenvalue weighted by Crippen LogP contribution is 2.44. The first-order valence-corrected chi connectivity index (χ1v) is 6.42. The third-order valence-electron chi connectivity index (χ3n) is 3.69. The molecule has 1 aromatic heterocycles. The number of aliphatic hydroxyl groups excluding tert-OH is 1. The van der Waals surface area contributed by atoms with Crippen LogP contribution in [0.15, 0.2) is 6.20 Å². The van der Waals surface area contributed by atoms with Gasteiger partial charge < -0.3 is 10.4 Å². The van der Waals surface area contributed by atoms with E-state index >= 15 is 0 Å². The smallest absolute Gasteiger partial charge is 0.254 e. The minimum Gasteiger partial charge on any atom is -0.396 e. The number of hydrogen-bond donors (Lipinski definition) is 2. The van der Waals surface area contributed by atoms with Gasteiger partial charge in [-0.3, -0.25) is 9.48 Å². The van der Waals surface area contributed by atoms with Gasteiger partial charge in [0, 0.05) is 23.7 Å². The van der Waals surface area contributed by atoms with E-state index in [0.29, 0.717) is 12.1 Å². The molecule has 0 bridgehead atoms. The molecule has 0 atom stereocenters. The second-order valence-corrected chi connectivity index (χ2v) is 5.52. The Morgan fingerprint density at radius 2 is 2.28 bits per heavy atom. The molecule has 0 aromatic carbocycles. The Bertz CT molecular complexity index is 447. The van der Waals surface area contributed by atoms with Crippen molar-refractivity contribution < 1.29 is 9.90 Å². The molecule has 1 aromatic rings. The van der Waals surface area contributed by atoms with Crippen molar-refractivity contribution in [3.8, 4) is 0 Å². The molecule has 2 N–H and O–H groups in total. The predicted molar refractivity (Wildman–Crippen MR) is 68.4 cm³/mol. The lowest BCUT2D eigenvalue weighted by molar-refractivity contribution is 0.0934. The second kappa shape index (κ2) is 4.72. The number of amides is 1. The van der Waals surface area contributed by atoms with Crippen molar-refractivity contribution in [2.45, 2.75) is 39.7 Å². The Kier molecular flexibility index (Phi) is 3.43. The molecule has 1 aliphatic carbocycles. The van der Waals surface area contributed by atoms with E-state index in [4.69, 9.17) is 0 Å². The van der Waals surface area contributed by atoms with Gasteiger partial charge in [-0.2, -0.15) is 5.10 Å². The first kappa shape index (κ1) is 13.1. The van der Waals surface area contributed by atoms with E-state index in [9.17, 15) is 9.90 Å². The Labute approximate surface area is 107 Å². The van der Waals surface area contributed by atoms with Crippen LogP contribution in [0.2, 0.25) is 0 Å². The van der Waals surface area contributed by atoms with Crippen LogP contribution in [0.5, 0.6) is 0 Å². The number of aromatic nitrogens is 2. The molecule has 0 unspecified atom stereocenters. The predicted octanol–water partition coefficient (Wildman–Crippen LogP) is 1.27. The van der Waals surface area contributed by atoms with Crippen molar-refractivity contribution >= 4 is 5.91 Å². The van der Waals surface area contributed by atoms with Crippen molar-refractivity contribution in [1.29, 1.82) is 0 Å². The van der Waals surface area contributed by atoms with Crippen LogP contribution in [-0.2, 0) is 0 Å². The third kappa shape index (κ3) is 2.41. The molecular formula is C13H21N3O2. The van der Waals surface area contributed by atoms with Gasteiger partial charge in [0.1, 0.15) is 0 Å². The van der Waals surface area contributed by atoms with Crippen LogP contribution in [-0.4, -0.2) is 33.9 Å². The van der Waals surface area contributed by atoms with Gasteiger partial charge in [-0.25, -0.2) is 0 Å². The zero-order chi connectivity index (χ0) is 13.3. The minimum absolute atomic E-state index is 0.0579. The topological polar surface area (TPSA) is 67.2 Å². The lowest BCUT2D eigenvalue weighted by Crippen LogP contribution is -2.32. The van der Waals surface area contributed by atoms with Gasteiger partial charge in [-0.1, -0.05) is 0 Å². The zero-order valence-corrected chi connectivity index (χ0v) is 11.2. The Balaban J connectivity index is 2.01. The van der Waals surface area contributed by atoms with E-state index in [0.717, 1.165) is 18.5 Å². The average Bonchev–Trinajstić information content (AvgIpc) is 3.02. The van der Waals surface area contributed by atoms with Crippen LogP contribution in [0.25, 0.3) is 0 Å². The highest BCUT2D eigenvalue weighted by molar-refractivity contribution is 5.95. The SMILES string of the molecule is Cc1c(C(=O)NCC2(CO)CC2)cnn1C(C)C. The second-order valence-electron chi connectivity index (χ2n) is 5.52. The van der Waals surface area contributed by atoms with Crippen LogP contribution in [0.3, 0.4) is 0 Å². The molecule has 1 aliphatic rings. The van der Waals surface area contributed by atoms with E-state index in [1.807, 2.05) is 25.5 Å². The summed E-state index contributed by atoms with van der Waals surface area (Å²) in [6.07, 6.45) is 3.60. The molecule has 1 amide bonds. The summed E-state index contributed by atoms with van der Waals surface area (Å²) >= 11 is 0. The molecule has 18 heavy (non-hydrogen) atoms. The molecule has 100 valence electrons. The Morgan fingerprint density at radius 3 is 2.72 bits per heavy atom. The fraction of sp³-hybridized carbons (Fsp3) is 0.692. The Hall–Kier alpha value is -1.36. The molecule has 0 aliphatic heterocycles. The number of carbonyl (C=O) groups is 1. The molecular weight excluding hydrogens is 230 g/mol. The summed E-state index contributed by atoms with van der Waals surface area (Å²) in [4.78, 5) is 12.0. The van der Waals surface area contributed by atoms with Gasteiger partial charge in [0.2, 0.25) is 0 Å². The molecule has 5 heteroatoms. The lowest BCUT2D eigenvalue weighted by atomic mass is 10.1. The zero-order valence-electron chi connectivity index (χ0n) is 11.2.